The van der Waals surface area contributed by atoms with Crippen molar-refractivity contribution in [3.05, 3.63) is 65.7 Å². The minimum atomic E-state index is -3.57. The molecule has 1 aliphatic heterocycles. The van der Waals surface area contributed by atoms with E-state index in [2.05, 4.69) is 31.0 Å². The number of nitrogens with one attached hydrogen (secondary N) is 1. The number of anilines is 1. The summed E-state index contributed by atoms with van der Waals surface area (Å²) in [4.78, 5) is 20.1. The van der Waals surface area contributed by atoms with E-state index in [9.17, 15) is 13.2 Å². The van der Waals surface area contributed by atoms with Crippen LogP contribution in [0.25, 0.3) is 10.9 Å². The number of piperazine rings is 1. The topological polar surface area (TPSA) is 82.6 Å². The molecular formula is C27H32N4O3S. The molecule has 1 aromatic heterocycles. The number of pyridine rings is 1. The number of sulfonamides is 1. The van der Waals surface area contributed by atoms with Gasteiger partial charge >= 0.3 is 0 Å². The number of amides is 1. The molecule has 0 radical (unpaired) electrons. The van der Waals surface area contributed by atoms with Gasteiger partial charge in [-0.05, 0) is 48.1 Å². The maximum Gasteiger partial charge on any atom is 0.252 e. The van der Waals surface area contributed by atoms with Crippen LogP contribution in [0.3, 0.4) is 0 Å². The van der Waals surface area contributed by atoms with Crippen molar-refractivity contribution in [2.24, 2.45) is 0 Å². The van der Waals surface area contributed by atoms with E-state index < -0.39 is 10.0 Å². The Labute approximate surface area is 207 Å². The maximum atomic E-state index is 13.3. The molecule has 1 aliphatic carbocycles. The molecule has 2 aliphatic rings. The van der Waals surface area contributed by atoms with Crippen LogP contribution in [0.4, 0.5) is 5.82 Å². The highest BCUT2D eigenvalue weighted by Gasteiger charge is 2.30. The molecule has 1 saturated carbocycles. The number of hydrogen-bond acceptors (Lipinski definition) is 5. The highest BCUT2D eigenvalue weighted by Crippen LogP contribution is 2.28. The average Bonchev–Trinajstić information content (AvgIpc) is 3.67. The molecule has 0 unspecified atom stereocenters. The Morgan fingerprint density at radius 3 is 2.26 bits per heavy atom. The quantitative estimate of drug-likeness (QED) is 0.584. The fourth-order valence-electron chi connectivity index (χ4n) is 4.44. The summed E-state index contributed by atoms with van der Waals surface area (Å²) in [5, 5.41) is 3.91. The lowest BCUT2D eigenvalue weighted by Gasteiger charge is -2.35. The van der Waals surface area contributed by atoms with Gasteiger partial charge in [0, 0.05) is 37.6 Å². The summed E-state index contributed by atoms with van der Waals surface area (Å²) in [7, 11) is -3.57. The van der Waals surface area contributed by atoms with Crippen molar-refractivity contribution in [3.8, 4) is 0 Å². The van der Waals surface area contributed by atoms with Gasteiger partial charge in [-0.1, -0.05) is 51.1 Å². The Hall–Kier alpha value is -2.97. The van der Waals surface area contributed by atoms with E-state index in [0.29, 0.717) is 42.5 Å². The molecule has 0 bridgehead atoms. The number of rotatable bonds is 5. The summed E-state index contributed by atoms with van der Waals surface area (Å²) in [6, 6.07) is 17.0. The lowest BCUT2D eigenvalue weighted by molar-refractivity contribution is 0.0952. The summed E-state index contributed by atoms with van der Waals surface area (Å²) in [5.74, 6) is 0.628. The molecule has 0 atom stereocenters. The van der Waals surface area contributed by atoms with Crippen LogP contribution >= 0.6 is 0 Å². The van der Waals surface area contributed by atoms with Crippen molar-refractivity contribution in [1.29, 1.82) is 0 Å². The normalized spacial score (nSPS) is 17.5. The zero-order chi connectivity index (χ0) is 24.8. The summed E-state index contributed by atoms with van der Waals surface area (Å²) in [6.07, 6.45) is 2.05. The Kier molecular flexibility index (Phi) is 6.05. The first kappa shape index (κ1) is 23.8. The number of carbonyl (C=O) groups is 1. The molecule has 5 rings (SSSR count). The Balaban J connectivity index is 1.34. The van der Waals surface area contributed by atoms with E-state index >= 15 is 0 Å². The third-order valence-electron chi connectivity index (χ3n) is 6.78. The van der Waals surface area contributed by atoms with Gasteiger partial charge in [0.05, 0.1) is 16.0 Å². The van der Waals surface area contributed by atoms with Crippen LogP contribution in [-0.2, 0) is 15.4 Å². The fourth-order valence-corrected chi connectivity index (χ4v) is 5.86. The first-order chi connectivity index (χ1) is 16.6. The monoisotopic (exact) mass is 492 g/mol. The number of carbonyl (C=O) groups excluding carboxylic acids is 1. The van der Waals surface area contributed by atoms with Crippen LogP contribution in [0, 0.1) is 0 Å². The number of para-hydroxylation sites is 1. The second-order valence-electron chi connectivity index (χ2n) is 10.5. The number of benzene rings is 2. The lowest BCUT2D eigenvalue weighted by Crippen LogP contribution is -2.49. The second-order valence-corrected chi connectivity index (χ2v) is 12.4. The largest absolute Gasteiger partial charge is 0.354 e. The highest BCUT2D eigenvalue weighted by molar-refractivity contribution is 7.89. The number of aromatic nitrogens is 1. The fraction of sp³-hybridized carbons (Fsp3) is 0.407. The van der Waals surface area contributed by atoms with Crippen LogP contribution in [0.15, 0.2) is 59.5 Å². The van der Waals surface area contributed by atoms with Gasteiger partial charge in [-0.25, -0.2) is 13.4 Å². The zero-order valence-corrected chi connectivity index (χ0v) is 21.3. The minimum absolute atomic E-state index is 0.0326. The van der Waals surface area contributed by atoms with Crippen molar-refractivity contribution in [2.75, 3.05) is 31.1 Å². The summed E-state index contributed by atoms with van der Waals surface area (Å²) in [5.41, 5.74) is 2.45. The number of fused-ring (bicyclic) bond motifs is 1. The Bertz CT molecular complexity index is 1350. The number of nitrogens with zero attached hydrogens (tertiary/aromatic N) is 3. The maximum absolute atomic E-state index is 13.3. The molecule has 2 heterocycles. The van der Waals surface area contributed by atoms with Crippen molar-refractivity contribution in [1.82, 2.24) is 14.6 Å². The van der Waals surface area contributed by atoms with Gasteiger partial charge in [-0.3, -0.25) is 4.79 Å². The van der Waals surface area contributed by atoms with Crippen molar-refractivity contribution < 1.29 is 13.2 Å². The van der Waals surface area contributed by atoms with Gasteiger partial charge in [0.1, 0.15) is 5.82 Å². The van der Waals surface area contributed by atoms with Gasteiger partial charge < -0.3 is 10.2 Å². The SMILES string of the molecule is CC(C)(C)c1ccc(S(=O)(=O)N2CCN(c3cc(C(=O)NC4CC4)c4ccccc4n3)CC2)cc1. The summed E-state index contributed by atoms with van der Waals surface area (Å²) in [6.45, 7) is 8.07. The van der Waals surface area contributed by atoms with Gasteiger partial charge in [-0.2, -0.15) is 4.31 Å². The van der Waals surface area contributed by atoms with Gasteiger partial charge in [-0.15, -0.1) is 0 Å². The molecular weight excluding hydrogens is 460 g/mol. The van der Waals surface area contributed by atoms with Crippen LogP contribution in [-0.4, -0.2) is 55.8 Å². The lowest BCUT2D eigenvalue weighted by atomic mass is 9.87. The van der Waals surface area contributed by atoms with E-state index in [0.717, 1.165) is 29.3 Å². The molecule has 2 fully saturated rings. The smallest absolute Gasteiger partial charge is 0.252 e. The summed E-state index contributed by atoms with van der Waals surface area (Å²) < 4.78 is 28.1. The molecule has 3 aromatic rings. The molecule has 1 N–H and O–H groups in total. The second kappa shape index (κ2) is 8.91. The molecule has 1 amide bonds. The summed E-state index contributed by atoms with van der Waals surface area (Å²) >= 11 is 0. The minimum Gasteiger partial charge on any atom is -0.354 e. The van der Waals surface area contributed by atoms with Crippen molar-refractivity contribution >= 4 is 32.7 Å². The van der Waals surface area contributed by atoms with Gasteiger partial charge in [0.2, 0.25) is 10.0 Å². The van der Waals surface area contributed by atoms with Crippen LogP contribution in [0.5, 0.6) is 0 Å². The van der Waals surface area contributed by atoms with Crippen LogP contribution in [0.1, 0.15) is 49.5 Å². The standard InChI is InChI=1S/C27H32N4O3S/c1-27(2,3)19-8-12-21(13-9-19)35(33,34)31-16-14-30(15-17-31)25-18-23(26(32)28-20-10-11-20)22-6-4-5-7-24(22)29-25/h4-9,12-13,18,20H,10-11,14-17H2,1-3H3,(H,28,32). The zero-order valence-electron chi connectivity index (χ0n) is 20.5. The predicted molar refractivity (Wildman–Crippen MR) is 138 cm³/mol. The third kappa shape index (κ3) is 4.90. The predicted octanol–water partition coefficient (Wildman–Crippen LogP) is 3.94. The van der Waals surface area contributed by atoms with E-state index in [1.807, 2.05) is 42.5 Å². The average molecular weight is 493 g/mol. The van der Waals surface area contributed by atoms with E-state index in [-0.39, 0.29) is 17.4 Å². The molecule has 35 heavy (non-hydrogen) atoms. The Morgan fingerprint density at radius 2 is 1.63 bits per heavy atom. The molecule has 8 heteroatoms. The molecule has 0 spiro atoms. The first-order valence-electron chi connectivity index (χ1n) is 12.2. The molecule has 1 saturated heterocycles. The van der Waals surface area contributed by atoms with Crippen LogP contribution in [0.2, 0.25) is 0 Å². The van der Waals surface area contributed by atoms with Crippen LogP contribution < -0.4 is 10.2 Å². The van der Waals surface area contributed by atoms with E-state index in [4.69, 9.17) is 4.98 Å². The molecule has 184 valence electrons. The number of hydrogen-bond donors (Lipinski definition) is 1. The van der Waals surface area contributed by atoms with Gasteiger partial charge in [0.15, 0.2) is 0 Å². The van der Waals surface area contributed by atoms with E-state index in [1.54, 1.807) is 12.1 Å². The third-order valence-corrected chi connectivity index (χ3v) is 8.69. The van der Waals surface area contributed by atoms with E-state index in [1.165, 1.54) is 4.31 Å². The molecule has 2 aromatic carbocycles. The van der Waals surface area contributed by atoms with Crippen molar-refractivity contribution in [2.45, 2.75) is 50.0 Å². The Morgan fingerprint density at radius 1 is 0.971 bits per heavy atom. The highest BCUT2D eigenvalue weighted by atomic mass is 32.2. The van der Waals surface area contributed by atoms with Gasteiger partial charge in [0.25, 0.3) is 5.91 Å². The molecule has 7 nitrogen and oxygen atoms in total. The first-order valence-corrected chi connectivity index (χ1v) is 13.6. The van der Waals surface area contributed by atoms with Crippen molar-refractivity contribution in [3.63, 3.8) is 0 Å².